The van der Waals surface area contributed by atoms with Gasteiger partial charge in [-0.2, -0.15) is 4.31 Å². The molecular formula is C25H29ClN2O3S2. The average Bonchev–Trinajstić information content (AvgIpc) is 3.32. The minimum atomic E-state index is -3.86. The maximum Gasteiger partial charge on any atom is 0.243 e. The van der Waals surface area contributed by atoms with E-state index in [0.29, 0.717) is 18.1 Å². The third-order valence-electron chi connectivity index (χ3n) is 5.47. The van der Waals surface area contributed by atoms with Crippen molar-refractivity contribution in [3.63, 3.8) is 0 Å². The highest BCUT2D eigenvalue weighted by atomic mass is 35.5. The smallest absolute Gasteiger partial charge is 0.243 e. The van der Waals surface area contributed by atoms with Crippen LogP contribution in [-0.2, 0) is 27.9 Å². The first-order valence-corrected chi connectivity index (χ1v) is 13.6. The van der Waals surface area contributed by atoms with E-state index in [2.05, 4.69) is 0 Å². The van der Waals surface area contributed by atoms with Crippen LogP contribution in [0.3, 0.4) is 0 Å². The van der Waals surface area contributed by atoms with Crippen LogP contribution in [0.25, 0.3) is 0 Å². The summed E-state index contributed by atoms with van der Waals surface area (Å²) in [5.74, 6) is -0.118. The number of sulfonamides is 1. The van der Waals surface area contributed by atoms with Gasteiger partial charge in [-0.05, 0) is 47.2 Å². The fourth-order valence-electron chi connectivity index (χ4n) is 3.36. The molecule has 0 bridgehead atoms. The fraction of sp³-hybridized carbons (Fsp3) is 0.320. The molecule has 0 radical (unpaired) electrons. The van der Waals surface area contributed by atoms with Gasteiger partial charge in [0, 0.05) is 23.0 Å². The third kappa shape index (κ3) is 7.14. The molecule has 3 aromatic rings. The van der Waals surface area contributed by atoms with Crippen molar-refractivity contribution in [2.24, 2.45) is 5.92 Å². The van der Waals surface area contributed by atoms with Crippen molar-refractivity contribution in [2.75, 3.05) is 13.1 Å². The van der Waals surface area contributed by atoms with Crippen molar-refractivity contribution in [3.8, 4) is 0 Å². The van der Waals surface area contributed by atoms with Gasteiger partial charge < -0.3 is 4.90 Å². The summed E-state index contributed by atoms with van der Waals surface area (Å²) in [7, 11) is -3.86. The second kappa shape index (κ2) is 11.8. The molecule has 176 valence electrons. The lowest BCUT2D eigenvalue weighted by atomic mass is 10.1. The Morgan fingerprint density at radius 1 is 1.00 bits per heavy atom. The monoisotopic (exact) mass is 504 g/mol. The van der Waals surface area contributed by atoms with Crippen molar-refractivity contribution in [2.45, 2.75) is 38.3 Å². The number of halogens is 1. The Hall–Kier alpha value is -2.19. The molecule has 2 aromatic carbocycles. The summed E-state index contributed by atoms with van der Waals surface area (Å²) in [6.45, 7) is 4.90. The number of nitrogens with zero attached hydrogens (tertiary/aromatic N) is 2. The molecule has 1 heterocycles. The molecule has 1 aromatic heterocycles. The summed E-state index contributed by atoms with van der Waals surface area (Å²) in [5.41, 5.74) is 0.997. The van der Waals surface area contributed by atoms with Crippen molar-refractivity contribution in [3.05, 3.63) is 87.6 Å². The summed E-state index contributed by atoms with van der Waals surface area (Å²) in [6, 6.07) is 19.7. The fourth-order valence-corrected chi connectivity index (χ4v) is 5.71. The first kappa shape index (κ1) is 25.4. The van der Waals surface area contributed by atoms with Crippen LogP contribution in [0.1, 0.15) is 30.7 Å². The quantitative estimate of drug-likeness (QED) is 0.338. The minimum Gasteiger partial charge on any atom is -0.332 e. The molecule has 5 nitrogen and oxygen atoms in total. The molecule has 1 amide bonds. The maximum atomic E-state index is 13.5. The highest BCUT2D eigenvalue weighted by Gasteiger charge is 2.29. The molecule has 1 unspecified atom stereocenters. The van der Waals surface area contributed by atoms with E-state index in [1.165, 1.54) is 16.4 Å². The van der Waals surface area contributed by atoms with E-state index in [4.69, 9.17) is 11.6 Å². The zero-order valence-electron chi connectivity index (χ0n) is 18.9. The average molecular weight is 505 g/mol. The molecular weight excluding hydrogens is 476 g/mol. The van der Waals surface area contributed by atoms with Crippen LogP contribution < -0.4 is 0 Å². The van der Waals surface area contributed by atoms with Gasteiger partial charge in [0.15, 0.2) is 0 Å². The standard InChI is InChI=1S/C25H29ClN2O3S2/c1-3-20(2)16-28(33(30,31)24-13-11-22(26)12-14-24)19-25(29)27(18-23-10-7-15-32-23)17-21-8-5-4-6-9-21/h4-15,20H,3,16-19H2,1-2H3. The first-order valence-electron chi connectivity index (χ1n) is 10.9. The van der Waals surface area contributed by atoms with E-state index >= 15 is 0 Å². The van der Waals surface area contributed by atoms with Crippen LogP contribution >= 0.6 is 22.9 Å². The predicted molar refractivity (Wildman–Crippen MR) is 135 cm³/mol. The van der Waals surface area contributed by atoms with Gasteiger partial charge in [-0.25, -0.2) is 8.42 Å². The molecule has 0 fully saturated rings. The number of hydrogen-bond donors (Lipinski definition) is 0. The van der Waals surface area contributed by atoms with E-state index in [1.54, 1.807) is 28.4 Å². The summed E-state index contributed by atoms with van der Waals surface area (Å²) >= 11 is 7.53. The molecule has 0 aliphatic carbocycles. The third-order valence-corrected chi connectivity index (χ3v) is 8.41. The Morgan fingerprint density at radius 3 is 2.30 bits per heavy atom. The summed E-state index contributed by atoms with van der Waals surface area (Å²) in [5, 5.41) is 2.43. The second-order valence-electron chi connectivity index (χ2n) is 8.08. The molecule has 0 saturated carbocycles. The van der Waals surface area contributed by atoms with Gasteiger partial charge in [0.2, 0.25) is 15.9 Å². The van der Waals surface area contributed by atoms with E-state index in [-0.39, 0.29) is 29.8 Å². The second-order valence-corrected chi connectivity index (χ2v) is 11.5. The van der Waals surface area contributed by atoms with Gasteiger partial charge in [-0.1, -0.05) is 68.3 Å². The largest absolute Gasteiger partial charge is 0.332 e. The Labute approximate surface area is 205 Å². The summed E-state index contributed by atoms with van der Waals surface area (Å²) < 4.78 is 28.2. The van der Waals surface area contributed by atoms with E-state index in [1.807, 2.05) is 61.7 Å². The van der Waals surface area contributed by atoms with E-state index in [9.17, 15) is 13.2 Å². The topological polar surface area (TPSA) is 57.7 Å². The highest BCUT2D eigenvalue weighted by Crippen LogP contribution is 2.22. The van der Waals surface area contributed by atoms with Gasteiger partial charge in [-0.15, -0.1) is 11.3 Å². The minimum absolute atomic E-state index is 0.111. The number of thiophene rings is 1. The van der Waals surface area contributed by atoms with Crippen LogP contribution in [-0.4, -0.2) is 36.6 Å². The summed E-state index contributed by atoms with van der Waals surface area (Å²) in [4.78, 5) is 16.4. The molecule has 0 saturated heterocycles. The normalized spacial score (nSPS) is 12.6. The van der Waals surface area contributed by atoms with Gasteiger partial charge in [-0.3, -0.25) is 4.79 Å². The number of amides is 1. The van der Waals surface area contributed by atoms with Crippen LogP contribution in [0.2, 0.25) is 5.02 Å². The van der Waals surface area contributed by atoms with Crippen LogP contribution in [0.15, 0.2) is 77.0 Å². The maximum absolute atomic E-state index is 13.5. The number of benzene rings is 2. The van der Waals surface area contributed by atoms with Crippen molar-refractivity contribution in [1.29, 1.82) is 0 Å². The number of carbonyl (C=O) groups excluding carboxylic acids is 1. The molecule has 0 aliphatic rings. The van der Waals surface area contributed by atoms with Crippen LogP contribution in [0.4, 0.5) is 0 Å². The van der Waals surface area contributed by atoms with Crippen molar-refractivity contribution < 1.29 is 13.2 Å². The van der Waals surface area contributed by atoms with Gasteiger partial charge in [0.1, 0.15) is 0 Å². The van der Waals surface area contributed by atoms with Gasteiger partial charge >= 0.3 is 0 Å². The predicted octanol–water partition coefficient (Wildman–Crippen LogP) is 5.67. The van der Waals surface area contributed by atoms with Crippen LogP contribution in [0.5, 0.6) is 0 Å². The molecule has 8 heteroatoms. The number of carbonyl (C=O) groups is 1. The van der Waals surface area contributed by atoms with Crippen molar-refractivity contribution in [1.82, 2.24) is 9.21 Å². The molecule has 1 atom stereocenters. The number of hydrogen-bond acceptors (Lipinski definition) is 4. The lowest BCUT2D eigenvalue weighted by Gasteiger charge is -2.28. The van der Waals surface area contributed by atoms with Gasteiger partial charge in [0.25, 0.3) is 0 Å². The van der Waals surface area contributed by atoms with E-state index in [0.717, 1.165) is 16.9 Å². The summed E-state index contributed by atoms with van der Waals surface area (Å²) in [6.07, 6.45) is 0.809. The Bertz CT molecular complexity index is 1120. The molecule has 0 N–H and O–H groups in total. The first-order chi connectivity index (χ1) is 15.8. The molecule has 33 heavy (non-hydrogen) atoms. The Morgan fingerprint density at radius 2 is 1.70 bits per heavy atom. The molecule has 3 rings (SSSR count). The SMILES string of the molecule is CCC(C)CN(CC(=O)N(Cc1ccccc1)Cc1cccs1)S(=O)(=O)c1ccc(Cl)cc1. The van der Waals surface area contributed by atoms with Crippen LogP contribution in [0, 0.1) is 5.92 Å². The number of rotatable bonds is 11. The lowest BCUT2D eigenvalue weighted by molar-refractivity contribution is -0.132. The zero-order chi connectivity index (χ0) is 23.8. The molecule has 0 spiro atoms. The molecule has 0 aliphatic heterocycles. The van der Waals surface area contributed by atoms with E-state index < -0.39 is 10.0 Å². The van der Waals surface area contributed by atoms with Crippen molar-refractivity contribution >= 4 is 38.9 Å². The lowest BCUT2D eigenvalue weighted by Crippen LogP contribution is -2.44. The highest BCUT2D eigenvalue weighted by molar-refractivity contribution is 7.89. The van der Waals surface area contributed by atoms with Gasteiger partial charge in [0.05, 0.1) is 18.0 Å². The Kier molecular flexibility index (Phi) is 9.09. The Balaban J connectivity index is 1.87. The zero-order valence-corrected chi connectivity index (χ0v) is 21.2.